The van der Waals surface area contributed by atoms with Crippen LogP contribution in [0.4, 0.5) is 0 Å². The summed E-state index contributed by atoms with van der Waals surface area (Å²) < 4.78 is 0. The first-order chi connectivity index (χ1) is 10.2. The van der Waals surface area contributed by atoms with Crippen LogP contribution < -0.4 is 0 Å². The van der Waals surface area contributed by atoms with E-state index in [4.69, 9.17) is 11.6 Å². The van der Waals surface area contributed by atoms with Crippen LogP contribution in [0.2, 0.25) is 5.02 Å². The van der Waals surface area contributed by atoms with Crippen LogP contribution in [-0.2, 0) is 6.54 Å². The maximum absolute atomic E-state index is 10.3. The number of rotatable bonds is 7. The first kappa shape index (κ1) is 16.0. The summed E-state index contributed by atoms with van der Waals surface area (Å²) in [6.45, 7) is 4.86. The second-order valence-corrected chi connectivity index (χ2v) is 5.59. The molecule has 2 rings (SSSR count). The van der Waals surface area contributed by atoms with Gasteiger partial charge in [0.25, 0.3) is 0 Å². The first-order valence-electron chi connectivity index (χ1n) is 7.39. The fraction of sp³-hybridized carbons (Fsp3) is 0.333. The van der Waals surface area contributed by atoms with Crippen molar-refractivity contribution in [3.05, 3.63) is 70.7 Å². The van der Waals surface area contributed by atoms with Gasteiger partial charge in [-0.15, -0.1) is 0 Å². The van der Waals surface area contributed by atoms with Crippen LogP contribution in [-0.4, -0.2) is 23.1 Å². The van der Waals surface area contributed by atoms with Gasteiger partial charge in [0.1, 0.15) is 0 Å². The molecule has 0 fully saturated rings. The molecule has 2 aromatic rings. The molecule has 0 aliphatic rings. The van der Waals surface area contributed by atoms with Crippen LogP contribution in [0.5, 0.6) is 0 Å². The van der Waals surface area contributed by atoms with Gasteiger partial charge in [-0.25, -0.2) is 0 Å². The predicted molar refractivity (Wildman–Crippen MR) is 88.4 cm³/mol. The number of hydrogen-bond acceptors (Lipinski definition) is 2. The number of nitrogens with zero attached hydrogens (tertiary/aromatic N) is 1. The average molecular weight is 304 g/mol. The van der Waals surface area contributed by atoms with Crippen LogP contribution in [0.25, 0.3) is 0 Å². The maximum atomic E-state index is 10.3. The molecule has 0 aliphatic carbocycles. The summed E-state index contributed by atoms with van der Waals surface area (Å²) in [5.74, 6) is 0. The van der Waals surface area contributed by atoms with Gasteiger partial charge >= 0.3 is 0 Å². The summed E-state index contributed by atoms with van der Waals surface area (Å²) in [7, 11) is 0. The molecule has 0 saturated heterocycles. The summed E-state index contributed by atoms with van der Waals surface area (Å²) >= 11 is 6.12. The molecule has 0 aromatic heterocycles. The lowest BCUT2D eigenvalue weighted by atomic mass is 10.1. The number of benzene rings is 2. The van der Waals surface area contributed by atoms with Gasteiger partial charge in [0.2, 0.25) is 0 Å². The molecule has 0 aliphatic heterocycles. The summed E-state index contributed by atoms with van der Waals surface area (Å²) in [6, 6.07) is 17.9. The molecule has 21 heavy (non-hydrogen) atoms. The molecular weight excluding hydrogens is 282 g/mol. The van der Waals surface area contributed by atoms with Crippen LogP contribution in [0.3, 0.4) is 0 Å². The van der Waals surface area contributed by atoms with Crippen molar-refractivity contribution in [3.8, 4) is 0 Å². The Labute approximate surface area is 132 Å². The zero-order valence-corrected chi connectivity index (χ0v) is 13.1. The molecule has 0 spiro atoms. The molecule has 112 valence electrons. The monoisotopic (exact) mass is 303 g/mol. The van der Waals surface area contributed by atoms with Gasteiger partial charge in [-0.05, 0) is 30.2 Å². The van der Waals surface area contributed by atoms with Gasteiger partial charge in [0.05, 0.1) is 6.10 Å². The summed E-state index contributed by atoms with van der Waals surface area (Å²) in [5, 5.41) is 10.9. The Hall–Kier alpha value is -1.35. The highest BCUT2D eigenvalue weighted by Gasteiger charge is 2.13. The minimum absolute atomic E-state index is 0.511. The van der Waals surface area contributed by atoms with Gasteiger partial charge in [-0.3, -0.25) is 4.90 Å². The van der Waals surface area contributed by atoms with Crippen molar-refractivity contribution < 1.29 is 5.11 Å². The predicted octanol–water partition coefficient (Wildman–Crippen LogP) is 4.29. The molecule has 0 radical (unpaired) electrons. The second-order valence-electron chi connectivity index (χ2n) is 5.18. The molecule has 1 atom stereocenters. The van der Waals surface area contributed by atoms with Crippen LogP contribution >= 0.6 is 11.6 Å². The van der Waals surface area contributed by atoms with Crippen molar-refractivity contribution in [3.63, 3.8) is 0 Å². The molecule has 2 nitrogen and oxygen atoms in total. The smallest absolute Gasteiger partial charge is 0.0816 e. The molecule has 0 saturated carbocycles. The Bertz CT molecular complexity index is 544. The molecule has 2 aromatic carbocycles. The number of hydrogen-bond donors (Lipinski definition) is 1. The van der Waals surface area contributed by atoms with Crippen molar-refractivity contribution >= 4 is 11.6 Å². The van der Waals surface area contributed by atoms with Gasteiger partial charge in [0.15, 0.2) is 0 Å². The Morgan fingerprint density at radius 3 is 2.38 bits per heavy atom. The Morgan fingerprint density at radius 1 is 1.05 bits per heavy atom. The van der Waals surface area contributed by atoms with Crippen molar-refractivity contribution in [2.45, 2.75) is 26.0 Å². The molecule has 3 heteroatoms. The Balaban J connectivity index is 1.90. The first-order valence-corrected chi connectivity index (χ1v) is 7.77. The Kier molecular flexibility index (Phi) is 6.24. The molecule has 1 N–H and O–H groups in total. The third-order valence-electron chi connectivity index (χ3n) is 3.68. The highest BCUT2D eigenvalue weighted by Crippen LogP contribution is 2.25. The zero-order chi connectivity index (χ0) is 15.1. The van der Waals surface area contributed by atoms with E-state index in [9.17, 15) is 5.11 Å². The minimum atomic E-state index is -0.511. The van der Waals surface area contributed by atoms with Crippen molar-refractivity contribution in [1.29, 1.82) is 0 Å². The second kappa shape index (κ2) is 8.18. The van der Waals surface area contributed by atoms with Gasteiger partial charge in [-0.2, -0.15) is 0 Å². The van der Waals surface area contributed by atoms with Crippen molar-refractivity contribution in [2.75, 3.05) is 13.1 Å². The van der Waals surface area contributed by atoms with Gasteiger partial charge < -0.3 is 5.11 Å². The van der Waals surface area contributed by atoms with Gasteiger partial charge in [-0.1, -0.05) is 67.1 Å². The van der Waals surface area contributed by atoms with Crippen LogP contribution in [0.15, 0.2) is 54.6 Å². The Morgan fingerprint density at radius 2 is 1.71 bits per heavy atom. The third-order valence-corrected chi connectivity index (χ3v) is 4.02. The fourth-order valence-electron chi connectivity index (χ4n) is 2.40. The number of aliphatic hydroxyl groups is 1. The average Bonchev–Trinajstić information content (AvgIpc) is 2.52. The summed E-state index contributed by atoms with van der Waals surface area (Å²) in [4.78, 5) is 2.33. The highest BCUT2D eigenvalue weighted by molar-refractivity contribution is 6.31. The van der Waals surface area contributed by atoms with E-state index in [0.717, 1.165) is 25.2 Å². The van der Waals surface area contributed by atoms with Gasteiger partial charge in [0, 0.05) is 18.1 Å². The lowest BCUT2D eigenvalue weighted by Crippen LogP contribution is -2.25. The summed E-state index contributed by atoms with van der Waals surface area (Å²) in [5.41, 5.74) is 2.11. The largest absolute Gasteiger partial charge is 0.388 e. The van der Waals surface area contributed by atoms with E-state index >= 15 is 0 Å². The van der Waals surface area contributed by atoms with E-state index < -0.39 is 6.10 Å². The van der Waals surface area contributed by atoms with E-state index in [2.05, 4.69) is 36.1 Å². The molecule has 0 amide bonds. The highest BCUT2D eigenvalue weighted by atomic mass is 35.5. The van der Waals surface area contributed by atoms with E-state index in [1.165, 1.54) is 5.56 Å². The van der Waals surface area contributed by atoms with E-state index in [-0.39, 0.29) is 0 Å². The topological polar surface area (TPSA) is 23.5 Å². The standard InChI is InChI=1S/C18H22ClNO/c1-2-20(14-15-8-4-3-5-9-15)13-12-18(21)16-10-6-7-11-17(16)19/h3-11,18,21H,2,12-14H2,1H3. The molecular formula is C18H22ClNO. The normalized spacial score (nSPS) is 12.6. The van der Waals surface area contributed by atoms with Crippen molar-refractivity contribution in [2.24, 2.45) is 0 Å². The zero-order valence-electron chi connectivity index (χ0n) is 12.4. The summed E-state index contributed by atoms with van der Waals surface area (Å²) in [6.07, 6.45) is 0.174. The van der Waals surface area contributed by atoms with E-state index in [1.54, 1.807) is 0 Å². The fourth-order valence-corrected chi connectivity index (χ4v) is 2.66. The van der Waals surface area contributed by atoms with Crippen LogP contribution in [0, 0.1) is 0 Å². The van der Waals surface area contributed by atoms with E-state index in [1.807, 2.05) is 30.3 Å². The maximum Gasteiger partial charge on any atom is 0.0816 e. The lowest BCUT2D eigenvalue weighted by Gasteiger charge is -2.22. The SMILES string of the molecule is CCN(CCC(O)c1ccccc1Cl)Cc1ccccc1. The van der Waals surface area contributed by atoms with E-state index in [0.29, 0.717) is 11.4 Å². The lowest BCUT2D eigenvalue weighted by molar-refractivity contribution is 0.141. The molecule has 0 bridgehead atoms. The minimum Gasteiger partial charge on any atom is -0.388 e. The quantitative estimate of drug-likeness (QED) is 0.825. The van der Waals surface area contributed by atoms with Crippen LogP contribution in [0.1, 0.15) is 30.6 Å². The molecule has 1 unspecified atom stereocenters. The number of aliphatic hydroxyl groups excluding tert-OH is 1. The number of halogens is 1. The van der Waals surface area contributed by atoms with Crippen molar-refractivity contribution in [1.82, 2.24) is 4.90 Å². The third kappa shape index (κ3) is 4.85. The molecule has 0 heterocycles.